The Labute approximate surface area is 224 Å². The van der Waals surface area contributed by atoms with Crippen LogP contribution in [-0.4, -0.2) is 25.4 Å². The molecule has 0 amide bonds. The van der Waals surface area contributed by atoms with Crippen LogP contribution in [0, 0.1) is 0 Å². The Hall–Kier alpha value is -3.44. The molecule has 4 aromatic rings. The normalized spacial score (nSPS) is 13.9. The van der Waals surface area contributed by atoms with Crippen LogP contribution in [0.5, 0.6) is 0 Å². The van der Waals surface area contributed by atoms with Crippen LogP contribution in [0.25, 0.3) is 11.3 Å². The maximum Gasteiger partial charge on any atom is 0.185 e. The summed E-state index contributed by atoms with van der Waals surface area (Å²) < 4.78 is 0. The number of carbonyl (C=O) groups excluding carboxylic acids is 1. The van der Waals surface area contributed by atoms with E-state index >= 15 is 0 Å². The molecule has 5 heteroatoms. The van der Waals surface area contributed by atoms with Gasteiger partial charge in [-0.1, -0.05) is 79.9 Å². The van der Waals surface area contributed by atoms with Crippen molar-refractivity contribution in [1.29, 1.82) is 0 Å². The molecule has 5 rings (SSSR count). The lowest BCUT2D eigenvalue weighted by Gasteiger charge is -2.23. The molecule has 1 saturated carbocycles. The molecule has 1 heterocycles. The van der Waals surface area contributed by atoms with E-state index in [9.17, 15) is 4.79 Å². The average Bonchev–Trinajstić information content (AvgIpc) is 3.45. The number of carbonyl (C=O) groups is 1. The third kappa shape index (κ3) is 6.28. The van der Waals surface area contributed by atoms with Crippen LogP contribution < -0.4 is 9.80 Å². The van der Waals surface area contributed by atoms with E-state index < -0.39 is 0 Å². The predicted molar refractivity (Wildman–Crippen MR) is 156 cm³/mol. The highest BCUT2D eigenvalue weighted by molar-refractivity contribution is 7.14. The van der Waals surface area contributed by atoms with Crippen molar-refractivity contribution in [2.45, 2.75) is 51.1 Å². The fourth-order valence-electron chi connectivity index (χ4n) is 5.20. The Morgan fingerprint density at radius 2 is 1.43 bits per heavy atom. The van der Waals surface area contributed by atoms with Gasteiger partial charge in [-0.25, -0.2) is 4.98 Å². The molecule has 0 atom stereocenters. The van der Waals surface area contributed by atoms with Gasteiger partial charge in [-0.3, -0.25) is 4.79 Å². The van der Waals surface area contributed by atoms with Crippen molar-refractivity contribution in [1.82, 2.24) is 4.98 Å². The van der Waals surface area contributed by atoms with Crippen LogP contribution in [0.15, 0.2) is 78.2 Å². The first-order chi connectivity index (χ1) is 18.1. The summed E-state index contributed by atoms with van der Waals surface area (Å²) in [6.07, 6.45) is 7.72. The van der Waals surface area contributed by atoms with E-state index in [-0.39, 0.29) is 0 Å². The zero-order valence-corrected chi connectivity index (χ0v) is 22.6. The number of aromatic nitrogens is 1. The number of anilines is 2. The zero-order valence-electron chi connectivity index (χ0n) is 21.8. The summed E-state index contributed by atoms with van der Waals surface area (Å²) in [4.78, 5) is 20.2. The Morgan fingerprint density at radius 3 is 2.08 bits per heavy atom. The molecule has 0 saturated heterocycles. The summed E-state index contributed by atoms with van der Waals surface area (Å²) in [5.41, 5.74) is 8.03. The number of hydrogen-bond donors (Lipinski definition) is 0. The zero-order chi connectivity index (χ0) is 25.6. The maximum atomic E-state index is 10.9. The Kier molecular flexibility index (Phi) is 8.00. The van der Waals surface area contributed by atoms with Gasteiger partial charge in [-0.15, -0.1) is 11.3 Å². The van der Waals surface area contributed by atoms with Crippen molar-refractivity contribution in [3.8, 4) is 11.3 Å². The standard InChI is InChI=1S/C32H35N3OS/c1-34(20-25-12-14-28(15-13-25)27-6-4-3-5-7-27)30-18-16-29(17-19-30)31-23-37-32(33-31)35(2)21-24-8-10-26(22-36)11-9-24/h8-19,22-23,27H,3-7,20-21H2,1-2H3. The van der Waals surface area contributed by atoms with Crippen LogP contribution in [0.3, 0.4) is 0 Å². The van der Waals surface area contributed by atoms with Crippen LogP contribution in [0.1, 0.15) is 65.1 Å². The molecule has 0 N–H and O–H groups in total. The quantitative estimate of drug-likeness (QED) is 0.215. The predicted octanol–water partition coefficient (Wildman–Crippen LogP) is 7.94. The highest BCUT2D eigenvalue weighted by Gasteiger charge is 2.15. The fraction of sp³-hybridized carbons (Fsp3) is 0.312. The van der Waals surface area contributed by atoms with Gasteiger partial charge in [0.25, 0.3) is 0 Å². The van der Waals surface area contributed by atoms with Crippen molar-refractivity contribution in [3.05, 3.63) is 100 Å². The molecule has 190 valence electrons. The monoisotopic (exact) mass is 509 g/mol. The van der Waals surface area contributed by atoms with Gasteiger partial charge in [0, 0.05) is 49.4 Å². The molecule has 4 nitrogen and oxygen atoms in total. The lowest BCUT2D eigenvalue weighted by atomic mass is 9.84. The Bertz CT molecular complexity index is 1290. The van der Waals surface area contributed by atoms with E-state index in [2.05, 4.69) is 77.8 Å². The second kappa shape index (κ2) is 11.7. The van der Waals surface area contributed by atoms with Crippen LogP contribution in [-0.2, 0) is 13.1 Å². The van der Waals surface area contributed by atoms with E-state index in [1.165, 1.54) is 48.9 Å². The SMILES string of the molecule is CN(Cc1ccc(C2CCCCC2)cc1)c1ccc(-c2csc(N(C)Cc3ccc(C=O)cc3)n2)cc1. The first-order valence-corrected chi connectivity index (χ1v) is 14.1. The first-order valence-electron chi connectivity index (χ1n) is 13.2. The molecule has 1 fully saturated rings. The van der Waals surface area contributed by atoms with E-state index in [1.807, 2.05) is 24.3 Å². The second-order valence-corrected chi connectivity index (χ2v) is 11.0. The molecule has 0 bridgehead atoms. The van der Waals surface area contributed by atoms with Crippen LogP contribution in [0.2, 0.25) is 0 Å². The summed E-state index contributed by atoms with van der Waals surface area (Å²) in [6, 6.07) is 25.7. The highest BCUT2D eigenvalue weighted by Crippen LogP contribution is 2.33. The molecule has 0 radical (unpaired) electrons. The van der Waals surface area contributed by atoms with Crippen LogP contribution >= 0.6 is 11.3 Å². The average molecular weight is 510 g/mol. The van der Waals surface area contributed by atoms with Gasteiger partial charge in [0.1, 0.15) is 6.29 Å². The lowest BCUT2D eigenvalue weighted by Crippen LogP contribution is -2.16. The summed E-state index contributed by atoms with van der Waals surface area (Å²) in [5.74, 6) is 0.758. The topological polar surface area (TPSA) is 36.4 Å². The van der Waals surface area contributed by atoms with Crippen molar-refractivity contribution in [2.75, 3.05) is 23.9 Å². The van der Waals surface area contributed by atoms with Crippen molar-refractivity contribution in [3.63, 3.8) is 0 Å². The molecular formula is C32H35N3OS. The number of nitrogens with zero attached hydrogens (tertiary/aromatic N) is 3. The van der Waals surface area contributed by atoms with Gasteiger partial charge >= 0.3 is 0 Å². The maximum absolute atomic E-state index is 10.9. The summed E-state index contributed by atoms with van der Waals surface area (Å²) in [7, 11) is 4.21. The van der Waals surface area contributed by atoms with Gasteiger partial charge in [-0.05, 0) is 47.6 Å². The number of hydrogen-bond acceptors (Lipinski definition) is 5. The number of aldehydes is 1. The fourth-order valence-corrected chi connectivity index (χ4v) is 6.00. The van der Waals surface area contributed by atoms with Crippen molar-refractivity contribution in [2.24, 2.45) is 0 Å². The molecule has 0 unspecified atom stereocenters. The van der Waals surface area contributed by atoms with Gasteiger partial charge in [0.2, 0.25) is 0 Å². The van der Waals surface area contributed by atoms with E-state index in [1.54, 1.807) is 11.3 Å². The number of benzene rings is 3. The minimum Gasteiger partial charge on any atom is -0.370 e. The minimum atomic E-state index is 0.699. The molecule has 0 aliphatic heterocycles. The molecule has 1 aliphatic carbocycles. The molecule has 1 aliphatic rings. The van der Waals surface area contributed by atoms with Gasteiger partial charge in [-0.2, -0.15) is 0 Å². The molecule has 37 heavy (non-hydrogen) atoms. The highest BCUT2D eigenvalue weighted by atomic mass is 32.1. The first kappa shape index (κ1) is 25.2. The van der Waals surface area contributed by atoms with E-state index in [4.69, 9.17) is 4.98 Å². The largest absolute Gasteiger partial charge is 0.370 e. The number of rotatable bonds is 9. The van der Waals surface area contributed by atoms with Crippen molar-refractivity contribution >= 4 is 28.4 Å². The summed E-state index contributed by atoms with van der Waals surface area (Å²) >= 11 is 1.65. The van der Waals surface area contributed by atoms with Gasteiger partial charge in [0.05, 0.1) is 5.69 Å². The molecule has 0 spiro atoms. The third-order valence-corrected chi connectivity index (χ3v) is 8.39. The molecular weight excluding hydrogens is 474 g/mol. The molecule has 3 aromatic carbocycles. The number of thiazole rings is 1. The second-order valence-electron chi connectivity index (χ2n) is 10.2. The van der Waals surface area contributed by atoms with E-state index in [0.29, 0.717) is 5.56 Å². The summed E-state index contributed by atoms with van der Waals surface area (Å²) in [5, 5.41) is 3.10. The summed E-state index contributed by atoms with van der Waals surface area (Å²) in [6.45, 7) is 1.64. The van der Waals surface area contributed by atoms with Gasteiger partial charge < -0.3 is 9.80 Å². The third-order valence-electron chi connectivity index (χ3n) is 7.43. The van der Waals surface area contributed by atoms with E-state index in [0.717, 1.165) is 47.2 Å². The Balaban J connectivity index is 1.18. The lowest BCUT2D eigenvalue weighted by molar-refractivity contribution is 0.112. The van der Waals surface area contributed by atoms with Gasteiger partial charge in [0.15, 0.2) is 5.13 Å². The Morgan fingerprint density at radius 1 is 0.811 bits per heavy atom. The smallest absolute Gasteiger partial charge is 0.185 e. The van der Waals surface area contributed by atoms with Crippen LogP contribution in [0.4, 0.5) is 10.8 Å². The minimum absolute atomic E-state index is 0.699. The van der Waals surface area contributed by atoms with Crippen molar-refractivity contribution < 1.29 is 4.79 Å². The molecule has 1 aromatic heterocycles.